The van der Waals surface area contributed by atoms with Crippen molar-refractivity contribution in [2.75, 3.05) is 13.1 Å². The Morgan fingerprint density at radius 1 is 0.822 bits per heavy atom. The number of rotatable bonds is 7. The number of hydrogen-bond donors (Lipinski definition) is 1. The van der Waals surface area contributed by atoms with Crippen LogP contribution >= 0.6 is 0 Å². The molecule has 0 radical (unpaired) electrons. The summed E-state index contributed by atoms with van der Waals surface area (Å²) in [5.74, 6) is 0.0870. The largest absolute Gasteiger partial charge is 0.508 e. The van der Waals surface area contributed by atoms with Gasteiger partial charge in [-0.2, -0.15) is 0 Å². The molecule has 0 bridgehead atoms. The molecule has 0 spiro atoms. The molecule has 3 aromatic rings. The Hall–Kier alpha value is -4.40. The van der Waals surface area contributed by atoms with Crippen molar-refractivity contribution in [3.8, 4) is 5.75 Å². The van der Waals surface area contributed by atoms with Crippen LogP contribution in [0.15, 0.2) is 67.0 Å². The van der Waals surface area contributed by atoms with Crippen LogP contribution in [0, 0.1) is 0 Å². The van der Waals surface area contributed by atoms with Crippen LogP contribution in [0.2, 0.25) is 0 Å². The molecule has 45 heavy (non-hydrogen) atoms. The topological polar surface area (TPSA) is 109 Å². The van der Waals surface area contributed by atoms with E-state index in [4.69, 9.17) is 9.47 Å². The molecular formula is C36H45N3O6. The number of carbonyl (C=O) groups excluding carboxylic acids is 3. The Kier molecular flexibility index (Phi) is 10.5. The van der Waals surface area contributed by atoms with Crippen molar-refractivity contribution < 1.29 is 29.0 Å². The lowest BCUT2D eigenvalue weighted by Crippen LogP contribution is -2.43. The molecule has 1 N–H and O–H groups in total. The zero-order chi connectivity index (χ0) is 32.8. The van der Waals surface area contributed by atoms with Gasteiger partial charge in [0.25, 0.3) is 5.91 Å². The van der Waals surface area contributed by atoms with Crippen molar-refractivity contribution in [3.63, 3.8) is 0 Å². The van der Waals surface area contributed by atoms with Gasteiger partial charge in [-0.25, -0.2) is 14.5 Å². The average Bonchev–Trinajstić information content (AvgIpc) is 2.97. The number of amides is 3. The van der Waals surface area contributed by atoms with Gasteiger partial charge in [0.15, 0.2) is 0 Å². The van der Waals surface area contributed by atoms with Gasteiger partial charge in [0.05, 0.1) is 12.1 Å². The second-order valence-electron chi connectivity index (χ2n) is 13.6. The number of benzene rings is 2. The van der Waals surface area contributed by atoms with E-state index in [9.17, 15) is 19.5 Å². The molecule has 1 saturated heterocycles. The Labute approximate surface area is 266 Å². The van der Waals surface area contributed by atoms with Crippen molar-refractivity contribution >= 4 is 18.1 Å². The summed E-state index contributed by atoms with van der Waals surface area (Å²) in [6, 6.07) is 17.3. The fourth-order valence-electron chi connectivity index (χ4n) is 5.32. The standard InChI is InChI=1S/C36H45N3O6/c1-35(2,3)44-33(42)39(34(43)45-36(4,5)6)24-27-19-29(21-31(40)20-27)28-14-16-38(17-15-28)32(41)30-18-26(22-37-23-30)13-12-25-10-8-7-9-11-25/h7-11,18-23,28,40H,12-17,24H2,1-6H3. The Morgan fingerprint density at radius 2 is 1.42 bits per heavy atom. The first-order chi connectivity index (χ1) is 21.2. The molecule has 1 aromatic heterocycles. The van der Waals surface area contributed by atoms with Crippen LogP contribution in [-0.4, -0.2) is 62.3 Å². The molecule has 0 atom stereocenters. The van der Waals surface area contributed by atoms with E-state index in [0.29, 0.717) is 37.1 Å². The first-order valence-corrected chi connectivity index (χ1v) is 15.5. The molecule has 1 aliphatic rings. The zero-order valence-electron chi connectivity index (χ0n) is 27.2. The third kappa shape index (κ3) is 10.1. The van der Waals surface area contributed by atoms with Gasteiger partial charge in [-0.15, -0.1) is 0 Å². The quantitative estimate of drug-likeness (QED) is 0.298. The lowest BCUT2D eigenvalue weighted by molar-refractivity contribution is -0.000298. The molecule has 0 unspecified atom stereocenters. The number of nitrogens with zero attached hydrogens (tertiary/aromatic N) is 3. The highest BCUT2D eigenvalue weighted by Gasteiger charge is 2.32. The number of hydrogen-bond acceptors (Lipinski definition) is 7. The lowest BCUT2D eigenvalue weighted by Gasteiger charge is -2.33. The molecule has 2 heterocycles. The predicted octanol–water partition coefficient (Wildman–Crippen LogP) is 7.26. The minimum atomic E-state index is -0.827. The predicted molar refractivity (Wildman–Crippen MR) is 172 cm³/mol. The van der Waals surface area contributed by atoms with Crippen LogP contribution < -0.4 is 0 Å². The maximum absolute atomic E-state index is 13.4. The second kappa shape index (κ2) is 14.1. The molecular weight excluding hydrogens is 570 g/mol. The summed E-state index contributed by atoms with van der Waals surface area (Å²) in [6.45, 7) is 11.3. The molecule has 2 aromatic carbocycles. The van der Waals surface area contributed by atoms with Crippen LogP contribution in [0.4, 0.5) is 9.59 Å². The van der Waals surface area contributed by atoms with Crippen LogP contribution in [-0.2, 0) is 28.9 Å². The highest BCUT2D eigenvalue weighted by molar-refractivity contribution is 5.94. The molecule has 1 fully saturated rings. The summed E-state index contributed by atoms with van der Waals surface area (Å²) in [7, 11) is 0. The average molecular weight is 616 g/mol. The highest BCUT2D eigenvalue weighted by Crippen LogP contribution is 2.32. The molecule has 0 aliphatic carbocycles. The zero-order valence-corrected chi connectivity index (χ0v) is 27.2. The normalized spacial score (nSPS) is 14.1. The van der Waals surface area contributed by atoms with Crippen molar-refractivity contribution in [2.45, 2.75) is 90.9 Å². The number of pyridine rings is 1. The number of likely N-dealkylation sites (tertiary alicyclic amines) is 1. The van der Waals surface area contributed by atoms with Crippen molar-refractivity contribution in [3.05, 3.63) is 94.8 Å². The molecule has 240 valence electrons. The first kappa shape index (κ1) is 33.5. The van der Waals surface area contributed by atoms with Gasteiger partial charge in [0.2, 0.25) is 0 Å². The SMILES string of the molecule is CC(C)(C)OC(=O)N(Cc1cc(O)cc(C2CCN(C(=O)c3cncc(CCc4ccccc4)c3)CC2)c1)C(=O)OC(C)(C)C. The van der Waals surface area contributed by atoms with Crippen molar-refractivity contribution in [1.82, 2.24) is 14.8 Å². The van der Waals surface area contributed by atoms with Gasteiger partial charge in [0, 0.05) is 25.5 Å². The first-order valence-electron chi connectivity index (χ1n) is 15.5. The van der Waals surface area contributed by atoms with Crippen molar-refractivity contribution in [1.29, 1.82) is 0 Å². The number of imide groups is 1. The molecule has 9 heteroatoms. The molecule has 1 aliphatic heterocycles. The van der Waals surface area contributed by atoms with Crippen molar-refractivity contribution in [2.24, 2.45) is 0 Å². The van der Waals surface area contributed by atoms with Gasteiger partial charge < -0.3 is 19.5 Å². The van der Waals surface area contributed by atoms with E-state index in [1.54, 1.807) is 53.8 Å². The van der Waals surface area contributed by atoms with Crippen LogP contribution in [0.1, 0.15) is 92.9 Å². The van der Waals surface area contributed by atoms with Gasteiger partial charge in [-0.3, -0.25) is 9.78 Å². The van der Waals surface area contributed by atoms with E-state index in [1.807, 2.05) is 41.4 Å². The molecule has 3 amide bonds. The molecule has 0 saturated carbocycles. The van der Waals surface area contributed by atoms with E-state index >= 15 is 0 Å². The number of aryl methyl sites for hydroxylation is 2. The van der Waals surface area contributed by atoms with Gasteiger partial charge in [-0.05, 0) is 114 Å². The van der Waals surface area contributed by atoms with Gasteiger partial charge >= 0.3 is 12.2 Å². The summed E-state index contributed by atoms with van der Waals surface area (Å²) in [6.07, 6.45) is 4.89. The minimum absolute atomic E-state index is 0.0349. The van der Waals surface area contributed by atoms with E-state index in [1.165, 1.54) is 11.6 Å². The van der Waals surface area contributed by atoms with E-state index < -0.39 is 23.4 Å². The minimum Gasteiger partial charge on any atom is -0.508 e. The third-order valence-corrected chi connectivity index (χ3v) is 7.41. The number of aromatic hydroxyl groups is 1. The Balaban J connectivity index is 1.41. The third-order valence-electron chi connectivity index (χ3n) is 7.41. The van der Waals surface area contributed by atoms with E-state index in [2.05, 4.69) is 17.1 Å². The van der Waals surface area contributed by atoms with E-state index in [0.717, 1.165) is 28.9 Å². The van der Waals surface area contributed by atoms with E-state index in [-0.39, 0.29) is 24.1 Å². The van der Waals surface area contributed by atoms with Gasteiger partial charge in [-0.1, -0.05) is 36.4 Å². The maximum atomic E-state index is 13.4. The summed E-state index contributed by atoms with van der Waals surface area (Å²) in [5, 5.41) is 10.6. The summed E-state index contributed by atoms with van der Waals surface area (Å²) >= 11 is 0. The van der Waals surface area contributed by atoms with Crippen LogP contribution in [0.25, 0.3) is 0 Å². The Bertz CT molecular complexity index is 1460. The van der Waals surface area contributed by atoms with Crippen LogP contribution in [0.3, 0.4) is 0 Å². The number of phenolic OH excluding ortho intramolecular Hbond substituents is 1. The second-order valence-corrected chi connectivity index (χ2v) is 13.6. The lowest BCUT2D eigenvalue weighted by atomic mass is 9.88. The summed E-state index contributed by atoms with van der Waals surface area (Å²) in [4.78, 5) is 46.5. The summed E-state index contributed by atoms with van der Waals surface area (Å²) < 4.78 is 11.0. The number of ether oxygens (including phenoxy) is 2. The fraction of sp³-hybridized carbons (Fsp3) is 0.444. The smallest absolute Gasteiger partial charge is 0.420 e. The van der Waals surface area contributed by atoms with Crippen LogP contribution in [0.5, 0.6) is 5.75 Å². The monoisotopic (exact) mass is 615 g/mol. The fourth-order valence-corrected chi connectivity index (χ4v) is 5.32. The number of carbonyl (C=O) groups is 3. The number of aromatic nitrogens is 1. The number of piperidine rings is 1. The molecule has 4 rings (SSSR count). The maximum Gasteiger partial charge on any atom is 0.420 e. The highest BCUT2D eigenvalue weighted by atomic mass is 16.6. The number of phenols is 1. The Morgan fingerprint density at radius 3 is 2.02 bits per heavy atom. The van der Waals surface area contributed by atoms with Gasteiger partial charge in [0.1, 0.15) is 17.0 Å². The molecule has 9 nitrogen and oxygen atoms in total. The summed E-state index contributed by atoms with van der Waals surface area (Å²) in [5.41, 5.74) is 2.68.